The van der Waals surface area contributed by atoms with Gasteiger partial charge in [0.25, 0.3) is 5.91 Å². The minimum absolute atomic E-state index is 0.0802. The highest BCUT2D eigenvalue weighted by Crippen LogP contribution is 2.45. The number of aromatic nitrogens is 2. The number of phenolic OH excluding ortho intramolecular Hbond substituents is 1. The Morgan fingerprint density at radius 3 is 2.67 bits per heavy atom. The first-order valence-corrected chi connectivity index (χ1v) is 9.95. The summed E-state index contributed by atoms with van der Waals surface area (Å²) < 4.78 is 5.47. The highest BCUT2D eigenvalue weighted by atomic mass is 35.5. The van der Waals surface area contributed by atoms with Crippen LogP contribution in [0.1, 0.15) is 33.4 Å². The Labute approximate surface area is 181 Å². The van der Waals surface area contributed by atoms with E-state index in [0.29, 0.717) is 38.3 Å². The second-order valence-electron chi connectivity index (χ2n) is 6.97. The molecule has 1 amide bonds. The summed E-state index contributed by atoms with van der Waals surface area (Å²) in [6.07, 6.45) is 1.57. The molecule has 1 aliphatic rings. The first-order chi connectivity index (χ1) is 14.5. The first kappa shape index (κ1) is 18.8. The molecule has 8 heteroatoms. The first-order valence-electron chi connectivity index (χ1n) is 9.19. The van der Waals surface area contributed by atoms with Gasteiger partial charge < -0.3 is 14.4 Å². The number of hydrogen-bond donors (Lipinski definition) is 2. The summed E-state index contributed by atoms with van der Waals surface area (Å²) in [5.74, 6) is 0.513. The van der Waals surface area contributed by atoms with Gasteiger partial charge in [0.2, 0.25) is 0 Å². The zero-order valence-electron chi connectivity index (χ0n) is 15.5. The molecule has 0 saturated carbocycles. The van der Waals surface area contributed by atoms with Crippen molar-refractivity contribution < 1.29 is 14.3 Å². The number of halogens is 2. The molecule has 0 spiro atoms. The molecule has 0 fully saturated rings. The highest BCUT2D eigenvalue weighted by molar-refractivity contribution is 6.42. The van der Waals surface area contributed by atoms with Crippen LogP contribution in [-0.4, -0.2) is 26.1 Å². The smallest absolute Gasteiger partial charge is 0.273 e. The standard InChI is InChI=1S/C22H15Cl2N3O3/c23-15-8-7-12(10-16(15)24)21-18-19(14-5-1-2-6-17(14)28)25-26-20(18)22(29)27(21)11-13-4-3-9-30-13/h1-10,21,28H,11H2,(H,25,26)/t21-/m0/s1. The quantitative estimate of drug-likeness (QED) is 0.444. The maximum atomic E-state index is 13.3. The molecule has 6 nitrogen and oxygen atoms in total. The fourth-order valence-corrected chi connectivity index (χ4v) is 4.14. The summed E-state index contributed by atoms with van der Waals surface area (Å²) in [5.41, 5.74) is 2.87. The van der Waals surface area contributed by atoms with Crippen LogP contribution >= 0.6 is 23.2 Å². The van der Waals surface area contributed by atoms with E-state index in [1.54, 1.807) is 47.6 Å². The molecule has 1 atom stereocenters. The van der Waals surface area contributed by atoms with Crippen molar-refractivity contribution in [3.63, 3.8) is 0 Å². The number of nitrogens with one attached hydrogen (secondary N) is 1. The summed E-state index contributed by atoms with van der Waals surface area (Å²) in [7, 11) is 0. The lowest BCUT2D eigenvalue weighted by atomic mass is 9.95. The molecule has 1 aliphatic heterocycles. The van der Waals surface area contributed by atoms with Crippen LogP contribution in [0.15, 0.2) is 65.3 Å². The minimum Gasteiger partial charge on any atom is -0.507 e. The van der Waals surface area contributed by atoms with Gasteiger partial charge in [0.1, 0.15) is 22.9 Å². The van der Waals surface area contributed by atoms with E-state index >= 15 is 0 Å². The number of carbonyl (C=O) groups excluding carboxylic acids is 1. The van der Waals surface area contributed by atoms with E-state index in [1.807, 2.05) is 18.2 Å². The predicted octanol–water partition coefficient (Wildman–Crippen LogP) is 5.43. The second kappa shape index (κ2) is 7.23. The number of hydrogen-bond acceptors (Lipinski definition) is 4. The number of benzene rings is 2. The summed E-state index contributed by atoms with van der Waals surface area (Å²) in [4.78, 5) is 15.0. The van der Waals surface area contributed by atoms with E-state index in [2.05, 4.69) is 10.2 Å². The number of rotatable bonds is 4. The highest BCUT2D eigenvalue weighted by Gasteiger charge is 2.43. The molecule has 2 aromatic heterocycles. The number of furan rings is 1. The minimum atomic E-state index is -0.485. The third-order valence-corrected chi connectivity index (χ3v) is 5.93. The lowest BCUT2D eigenvalue weighted by Gasteiger charge is -2.26. The SMILES string of the molecule is O=C1c2[nH]nc(-c3ccccc3O)c2[C@H](c2ccc(Cl)c(Cl)c2)N1Cc1ccco1. The average Bonchev–Trinajstić information content (AvgIpc) is 3.45. The molecule has 2 N–H and O–H groups in total. The third-order valence-electron chi connectivity index (χ3n) is 5.19. The second-order valence-corrected chi connectivity index (χ2v) is 7.78. The number of aromatic amines is 1. The molecule has 0 radical (unpaired) electrons. The van der Waals surface area contributed by atoms with Crippen LogP contribution < -0.4 is 0 Å². The molecular weight excluding hydrogens is 425 g/mol. The van der Waals surface area contributed by atoms with Crippen LogP contribution in [0.25, 0.3) is 11.3 Å². The number of nitrogens with zero attached hydrogens (tertiary/aromatic N) is 2. The molecule has 30 heavy (non-hydrogen) atoms. The summed E-state index contributed by atoms with van der Waals surface area (Å²) in [5, 5.41) is 18.4. The van der Waals surface area contributed by atoms with Crippen LogP contribution in [0.4, 0.5) is 0 Å². The molecule has 0 saturated heterocycles. The van der Waals surface area contributed by atoms with E-state index in [4.69, 9.17) is 27.6 Å². The molecule has 0 bridgehead atoms. The van der Waals surface area contributed by atoms with Crippen molar-refractivity contribution in [3.05, 3.63) is 93.5 Å². The van der Waals surface area contributed by atoms with Gasteiger partial charge in [-0.05, 0) is 42.0 Å². The largest absolute Gasteiger partial charge is 0.507 e. The molecule has 0 unspecified atom stereocenters. The van der Waals surface area contributed by atoms with Crippen LogP contribution in [-0.2, 0) is 6.54 Å². The zero-order valence-corrected chi connectivity index (χ0v) is 17.0. The molecule has 0 aliphatic carbocycles. The van der Waals surface area contributed by atoms with Crippen molar-refractivity contribution in [2.75, 3.05) is 0 Å². The van der Waals surface area contributed by atoms with E-state index in [-0.39, 0.29) is 18.2 Å². The molecule has 2 aromatic carbocycles. The number of amides is 1. The Kier molecular flexibility index (Phi) is 4.53. The monoisotopic (exact) mass is 439 g/mol. The number of H-pyrrole nitrogens is 1. The number of fused-ring (bicyclic) bond motifs is 1. The maximum Gasteiger partial charge on any atom is 0.273 e. The third kappa shape index (κ3) is 2.96. The van der Waals surface area contributed by atoms with Crippen LogP contribution in [0.2, 0.25) is 10.0 Å². The van der Waals surface area contributed by atoms with Crippen molar-refractivity contribution in [2.24, 2.45) is 0 Å². The maximum absolute atomic E-state index is 13.3. The van der Waals surface area contributed by atoms with E-state index < -0.39 is 6.04 Å². The Morgan fingerprint density at radius 1 is 1.10 bits per heavy atom. The molecule has 5 rings (SSSR count). The topological polar surface area (TPSA) is 82.4 Å². The predicted molar refractivity (Wildman–Crippen MR) is 113 cm³/mol. The lowest BCUT2D eigenvalue weighted by Crippen LogP contribution is -2.29. The van der Waals surface area contributed by atoms with Gasteiger partial charge in [0, 0.05) is 11.1 Å². The van der Waals surface area contributed by atoms with Crippen LogP contribution in [0.3, 0.4) is 0 Å². The molecule has 4 aromatic rings. The van der Waals surface area contributed by atoms with Crippen molar-refractivity contribution >= 4 is 29.1 Å². The van der Waals surface area contributed by atoms with Gasteiger partial charge in [0.15, 0.2) is 0 Å². The summed E-state index contributed by atoms with van der Waals surface area (Å²) >= 11 is 12.4. The van der Waals surface area contributed by atoms with Gasteiger partial charge in [0.05, 0.1) is 28.9 Å². The van der Waals surface area contributed by atoms with Gasteiger partial charge in [-0.2, -0.15) is 5.10 Å². The fraction of sp³-hybridized carbons (Fsp3) is 0.0909. The lowest BCUT2D eigenvalue weighted by molar-refractivity contribution is 0.0717. The summed E-state index contributed by atoms with van der Waals surface area (Å²) in [6, 6.07) is 15.3. The van der Waals surface area contributed by atoms with Gasteiger partial charge in [-0.15, -0.1) is 0 Å². The zero-order chi connectivity index (χ0) is 20.8. The Morgan fingerprint density at radius 2 is 1.93 bits per heavy atom. The number of para-hydroxylation sites is 1. The van der Waals surface area contributed by atoms with Crippen molar-refractivity contribution in [2.45, 2.75) is 12.6 Å². The molecule has 150 valence electrons. The van der Waals surface area contributed by atoms with Crippen molar-refractivity contribution in [1.29, 1.82) is 0 Å². The Bertz CT molecular complexity index is 1250. The van der Waals surface area contributed by atoms with Gasteiger partial charge in [-0.25, -0.2) is 0 Å². The van der Waals surface area contributed by atoms with Crippen molar-refractivity contribution in [1.82, 2.24) is 15.1 Å². The van der Waals surface area contributed by atoms with E-state index in [9.17, 15) is 9.90 Å². The number of phenols is 1. The van der Waals surface area contributed by atoms with Crippen LogP contribution in [0, 0.1) is 0 Å². The van der Waals surface area contributed by atoms with E-state index in [0.717, 1.165) is 5.56 Å². The fourth-order valence-electron chi connectivity index (χ4n) is 3.84. The molecule has 3 heterocycles. The van der Waals surface area contributed by atoms with Gasteiger partial charge >= 0.3 is 0 Å². The van der Waals surface area contributed by atoms with E-state index in [1.165, 1.54) is 0 Å². The average molecular weight is 440 g/mol. The molecular formula is C22H15Cl2N3O3. The van der Waals surface area contributed by atoms with Gasteiger partial charge in [-0.3, -0.25) is 9.89 Å². The van der Waals surface area contributed by atoms with Crippen molar-refractivity contribution in [3.8, 4) is 17.0 Å². The number of aromatic hydroxyl groups is 1. The Hall–Kier alpha value is -3.22. The van der Waals surface area contributed by atoms with Crippen LogP contribution in [0.5, 0.6) is 5.75 Å². The Balaban J connectivity index is 1.70. The normalized spacial score (nSPS) is 15.6. The van der Waals surface area contributed by atoms with Gasteiger partial charge in [-0.1, -0.05) is 41.4 Å². The summed E-state index contributed by atoms with van der Waals surface area (Å²) in [6.45, 7) is 0.263. The number of carbonyl (C=O) groups is 1.